The third kappa shape index (κ3) is 2.26. The Labute approximate surface area is 96.9 Å². The maximum absolute atomic E-state index is 3.44. The smallest absolute Gasteiger partial charge is 0.0435 e. The third-order valence-electron chi connectivity index (χ3n) is 3.30. The van der Waals surface area contributed by atoms with E-state index in [1.54, 1.807) is 15.3 Å². The summed E-state index contributed by atoms with van der Waals surface area (Å²) in [5.74, 6) is 0.676. The summed E-state index contributed by atoms with van der Waals surface area (Å²) in [5, 5.41) is 3.44. The first-order valence-corrected chi connectivity index (χ1v) is 6.82. The van der Waals surface area contributed by atoms with Crippen molar-refractivity contribution in [2.45, 2.75) is 45.6 Å². The van der Waals surface area contributed by atoms with Crippen LogP contribution in [-0.4, -0.2) is 7.05 Å². The van der Waals surface area contributed by atoms with Crippen LogP contribution in [0.25, 0.3) is 0 Å². The van der Waals surface area contributed by atoms with Crippen molar-refractivity contribution >= 4 is 11.3 Å². The Kier molecular flexibility index (Phi) is 3.47. The number of nitrogens with one attached hydrogen (secondary N) is 1. The third-order valence-corrected chi connectivity index (χ3v) is 4.62. The van der Waals surface area contributed by atoms with Gasteiger partial charge in [-0.25, -0.2) is 0 Å². The molecular weight excluding hydrogens is 202 g/mol. The SMILES string of the molecule is CNC(c1cc2c(s1)CCCC2)C(C)C. The van der Waals surface area contributed by atoms with Gasteiger partial charge in [0.1, 0.15) is 0 Å². The Morgan fingerprint density at radius 2 is 2.00 bits per heavy atom. The number of fused-ring (bicyclic) bond motifs is 1. The molecule has 0 bridgehead atoms. The lowest BCUT2D eigenvalue weighted by Crippen LogP contribution is -2.20. The lowest BCUT2D eigenvalue weighted by atomic mass is 9.97. The Morgan fingerprint density at radius 1 is 1.27 bits per heavy atom. The minimum Gasteiger partial charge on any atom is -0.312 e. The van der Waals surface area contributed by atoms with E-state index in [1.807, 2.05) is 11.3 Å². The van der Waals surface area contributed by atoms with Crippen LogP contribution in [0, 0.1) is 5.92 Å². The minimum absolute atomic E-state index is 0.542. The summed E-state index contributed by atoms with van der Waals surface area (Å²) in [6.45, 7) is 4.58. The molecule has 1 aliphatic carbocycles. The number of thiophene rings is 1. The molecule has 1 unspecified atom stereocenters. The molecule has 1 heterocycles. The maximum Gasteiger partial charge on any atom is 0.0435 e. The van der Waals surface area contributed by atoms with E-state index in [1.165, 1.54) is 25.7 Å². The molecule has 1 atom stereocenters. The van der Waals surface area contributed by atoms with E-state index in [4.69, 9.17) is 0 Å². The Bertz CT molecular complexity index is 304. The summed E-state index contributed by atoms with van der Waals surface area (Å²) in [4.78, 5) is 3.19. The van der Waals surface area contributed by atoms with Crippen LogP contribution >= 0.6 is 11.3 Å². The van der Waals surface area contributed by atoms with Gasteiger partial charge in [0.05, 0.1) is 0 Å². The molecule has 1 aromatic rings. The Balaban J connectivity index is 2.24. The molecule has 2 heteroatoms. The van der Waals surface area contributed by atoms with E-state index in [0.717, 1.165) is 0 Å². The molecule has 1 aromatic heterocycles. The first kappa shape index (κ1) is 11.2. The van der Waals surface area contributed by atoms with E-state index in [-0.39, 0.29) is 0 Å². The van der Waals surface area contributed by atoms with Crippen LogP contribution in [0.2, 0.25) is 0 Å². The highest BCUT2D eigenvalue weighted by atomic mass is 32.1. The largest absolute Gasteiger partial charge is 0.312 e. The highest BCUT2D eigenvalue weighted by Crippen LogP contribution is 2.35. The molecular formula is C13H21NS. The lowest BCUT2D eigenvalue weighted by Gasteiger charge is -2.18. The van der Waals surface area contributed by atoms with Crippen molar-refractivity contribution in [3.05, 3.63) is 21.4 Å². The van der Waals surface area contributed by atoms with Crippen molar-refractivity contribution in [3.63, 3.8) is 0 Å². The highest BCUT2D eigenvalue weighted by Gasteiger charge is 2.19. The predicted molar refractivity (Wildman–Crippen MR) is 67.6 cm³/mol. The second-order valence-corrected chi connectivity index (χ2v) is 5.98. The van der Waals surface area contributed by atoms with E-state index >= 15 is 0 Å². The Hall–Kier alpha value is -0.340. The fourth-order valence-corrected chi connectivity index (χ4v) is 4.01. The zero-order chi connectivity index (χ0) is 10.8. The van der Waals surface area contributed by atoms with Crippen molar-refractivity contribution in [3.8, 4) is 0 Å². The normalized spacial score (nSPS) is 17.9. The molecule has 0 fully saturated rings. The summed E-state index contributed by atoms with van der Waals surface area (Å²) >= 11 is 2.03. The molecule has 84 valence electrons. The fraction of sp³-hybridized carbons (Fsp3) is 0.692. The van der Waals surface area contributed by atoms with Gasteiger partial charge in [0.25, 0.3) is 0 Å². The van der Waals surface area contributed by atoms with Crippen LogP contribution in [-0.2, 0) is 12.8 Å². The zero-order valence-corrected chi connectivity index (χ0v) is 10.8. The van der Waals surface area contributed by atoms with Gasteiger partial charge >= 0.3 is 0 Å². The second-order valence-electron chi connectivity index (χ2n) is 4.81. The van der Waals surface area contributed by atoms with Crippen molar-refractivity contribution < 1.29 is 0 Å². The molecule has 0 spiro atoms. The topological polar surface area (TPSA) is 12.0 Å². The molecule has 15 heavy (non-hydrogen) atoms. The predicted octanol–water partition coefficient (Wildman–Crippen LogP) is 3.54. The molecule has 0 radical (unpaired) electrons. The fourth-order valence-electron chi connectivity index (χ4n) is 2.47. The van der Waals surface area contributed by atoms with Crippen LogP contribution in [0.15, 0.2) is 6.07 Å². The van der Waals surface area contributed by atoms with Gasteiger partial charge in [-0.15, -0.1) is 11.3 Å². The van der Waals surface area contributed by atoms with Gasteiger partial charge in [-0.3, -0.25) is 0 Å². The van der Waals surface area contributed by atoms with Crippen LogP contribution in [0.4, 0.5) is 0 Å². The maximum atomic E-state index is 3.44. The summed E-state index contributed by atoms with van der Waals surface area (Å²) in [5.41, 5.74) is 1.63. The number of hydrogen-bond acceptors (Lipinski definition) is 2. The molecule has 1 N–H and O–H groups in total. The minimum atomic E-state index is 0.542. The van der Waals surface area contributed by atoms with Crippen LogP contribution in [0.1, 0.15) is 48.0 Å². The van der Waals surface area contributed by atoms with Gasteiger partial charge in [-0.2, -0.15) is 0 Å². The highest BCUT2D eigenvalue weighted by molar-refractivity contribution is 7.12. The van der Waals surface area contributed by atoms with Gasteiger partial charge in [0.2, 0.25) is 0 Å². The van der Waals surface area contributed by atoms with E-state index in [9.17, 15) is 0 Å². The summed E-state index contributed by atoms with van der Waals surface area (Å²) in [6.07, 6.45) is 5.39. The number of aryl methyl sites for hydroxylation is 2. The lowest BCUT2D eigenvalue weighted by molar-refractivity contribution is 0.449. The van der Waals surface area contributed by atoms with E-state index < -0.39 is 0 Å². The second kappa shape index (κ2) is 4.67. The van der Waals surface area contributed by atoms with Crippen molar-refractivity contribution in [1.82, 2.24) is 5.32 Å². The molecule has 0 saturated heterocycles. The monoisotopic (exact) mass is 223 g/mol. The van der Waals surface area contributed by atoms with Crippen LogP contribution < -0.4 is 5.32 Å². The van der Waals surface area contributed by atoms with Crippen molar-refractivity contribution in [1.29, 1.82) is 0 Å². The standard InChI is InChI=1S/C13H21NS/c1-9(2)13(14-3)12-8-10-6-4-5-7-11(10)15-12/h8-9,13-14H,4-7H2,1-3H3. The summed E-state index contributed by atoms with van der Waals surface area (Å²) in [7, 11) is 2.07. The number of rotatable bonds is 3. The molecule has 0 amide bonds. The van der Waals surface area contributed by atoms with E-state index in [2.05, 4.69) is 32.3 Å². The molecule has 1 nitrogen and oxygen atoms in total. The van der Waals surface area contributed by atoms with E-state index in [0.29, 0.717) is 12.0 Å². The zero-order valence-electron chi connectivity index (χ0n) is 9.97. The first-order valence-electron chi connectivity index (χ1n) is 6.01. The summed E-state index contributed by atoms with van der Waals surface area (Å²) in [6, 6.07) is 2.99. The van der Waals surface area contributed by atoms with Gasteiger partial charge in [-0.1, -0.05) is 13.8 Å². The van der Waals surface area contributed by atoms with Crippen molar-refractivity contribution in [2.75, 3.05) is 7.05 Å². The van der Waals surface area contributed by atoms with Crippen molar-refractivity contribution in [2.24, 2.45) is 5.92 Å². The average molecular weight is 223 g/mol. The molecule has 1 aliphatic rings. The molecule has 0 saturated carbocycles. The molecule has 0 aliphatic heterocycles. The summed E-state index contributed by atoms with van der Waals surface area (Å²) < 4.78 is 0. The van der Waals surface area contributed by atoms with Crippen LogP contribution in [0.5, 0.6) is 0 Å². The first-order chi connectivity index (χ1) is 7.22. The van der Waals surface area contributed by atoms with Gasteiger partial charge in [-0.05, 0) is 50.3 Å². The number of hydrogen-bond donors (Lipinski definition) is 1. The molecule has 2 rings (SSSR count). The Morgan fingerprint density at radius 3 is 2.60 bits per heavy atom. The average Bonchev–Trinajstić information content (AvgIpc) is 2.61. The van der Waals surface area contributed by atoms with Gasteiger partial charge in [0, 0.05) is 15.8 Å². The van der Waals surface area contributed by atoms with Gasteiger partial charge < -0.3 is 5.32 Å². The van der Waals surface area contributed by atoms with Crippen LogP contribution in [0.3, 0.4) is 0 Å². The quantitative estimate of drug-likeness (QED) is 0.826. The molecule has 0 aromatic carbocycles. The van der Waals surface area contributed by atoms with Gasteiger partial charge in [0.15, 0.2) is 0 Å².